The summed E-state index contributed by atoms with van der Waals surface area (Å²) in [6.07, 6.45) is -0.0297. The summed E-state index contributed by atoms with van der Waals surface area (Å²) in [5.41, 5.74) is 0.178. The Morgan fingerprint density at radius 3 is 2.37 bits per heavy atom. The van der Waals surface area contributed by atoms with E-state index < -0.39 is 27.5 Å². The Hall–Kier alpha value is -2.91. The van der Waals surface area contributed by atoms with Gasteiger partial charge in [0.05, 0.1) is 15.9 Å². The van der Waals surface area contributed by atoms with E-state index in [1.54, 1.807) is 42.5 Å². The summed E-state index contributed by atoms with van der Waals surface area (Å²) in [4.78, 5) is 11.4. The van der Waals surface area contributed by atoms with Gasteiger partial charge >= 0.3 is 5.97 Å². The molecule has 0 aliphatic heterocycles. The Labute approximate surface area is 210 Å². The molecule has 0 heterocycles. The number of aliphatic hydroxyl groups is 1. The van der Waals surface area contributed by atoms with Crippen LogP contribution in [-0.2, 0) is 21.1 Å². The van der Waals surface area contributed by atoms with Crippen LogP contribution in [0.3, 0.4) is 0 Å². The molecule has 35 heavy (non-hydrogen) atoms. The van der Waals surface area contributed by atoms with Crippen molar-refractivity contribution in [1.29, 1.82) is 0 Å². The summed E-state index contributed by atoms with van der Waals surface area (Å²) in [5, 5.41) is 23.3. The third-order valence-corrected chi connectivity index (χ3v) is 7.40. The van der Waals surface area contributed by atoms with Crippen LogP contribution in [-0.4, -0.2) is 43.3 Å². The van der Waals surface area contributed by atoms with Crippen LogP contribution in [0.2, 0.25) is 5.02 Å². The lowest BCUT2D eigenvalue weighted by Gasteiger charge is -2.21. The highest BCUT2D eigenvalue weighted by molar-refractivity contribution is 7.91. The normalized spacial score (nSPS) is 12.8. The van der Waals surface area contributed by atoms with E-state index >= 15 is 0 Å². The minimum absolute atomic E-state index is 0.0145. The zero-order chi connectivity index (χ0) is 25.6. The zero-order valence-electron chi connectivity index (χ0n) is 19.4. The van der Waals surface area contributed by atoms with E-state index in [4.69, 9.17) is 16.3 Å². The minimum atomic E-state index is -3.81. The van der Waals surface area contributed by atoms with E-state index in [0.29, 0.717) is 24.5 Å². The molecule has 3 aromatic carbocycles. The molecule has 0 saturated carbocycles. The van der Waals surface area contributed by atoms with E-state index in [9.17, 15) is 23.4 Å². The Kier molecular flexibility index (Phi) is 8.56. The second-order valence-electron chi connectivity index (χ2n) is 8.56. The van der Waals surface area contributed by atoms with Crippen LogP contribution in [0.15, 0.2) is 82.6 Å². The highest BCUT2D eigenvalue weighted by Crippen LogP contribution is 2.27. The van der Waals surface area contributed by atoms with Gasteiger partial charge in [-0.1, -0.05) is 41.9 Å². The smallest absolute Gasteiger partial charge is 0.347 e. The largest absolute Gasteiger partial charge is 0.478 e. The van der Waals surface area contributed by atoms with E-state index in [2.05, 4.69) is 5.32 Å². The number of rotatable bonds is 11. The predicted molar refractivity (Wildman–Crippen MR) is 134 cm³/mol. The fraction of sp³-hybridized carbons (Fsp3) is 0.269. The molecule has 3 N–H and O–H groups in total. The van der Waals surface area contributed by atoms with Crippen molar-refractivity contribution in [1.82, 2.24) is 5.32 Å². The van der Waals surface area contributed by atoms with Crippen molar-refractivity contribution in [3.8, 4) is 5.75 Å². The zero-order valence-corrected chi connectivity index (χ0v) is 21.0. The fourth-order valence-electron chi connectivity index (χ4n) is 3.32. The SMILES string of the molecule is CC(C)(Oc1cccc(S(=O)(=O)c2ccc(CCNC[C@H](O)c3cccc(Cl)c3)cc2)c1)C(=O)O. The van der Waals surface area contributed by atoms with Crippen molar-refractivity contribution in [3.63, 3.8) is 0 Å². The summed E-state index contributed by atoms with van der Waals surface area (Å²) < 4.78 is 31.6. The Morgan fingerprint density at radius 2 is 1.71 bits per heavy atom. The van der Waals surface area contributed by atoms with Crippen LogP contribution in [0.4, 0.5) is 0 Å². The number of carboxylic acid groups (broad SMARTS) is 1. The van der Waals surface area contributed by atoms with Crippen LogP contribution >= 0.6 is 11.6 Å². The third-order valence-electron chi connectivity index (χ3n) is 5.40. The maximum atomic E-state index is 13.1. The average Bonchev–Trinajstić information content (AvgIpc) is 2.82. The minimum Gasteiger partial charge on any atom is -0.478 e. The van der Waals surface area contributed by atoms with Gasteiger partial charge in [-0.25, -0.2) is 13.2 Å². The van der Waals surface area contributed by atoms with Crippen molar-refractivity contribution in [3.05, 3.63) is 88.9 Å². The first kappa shape index (κ1) is 26.7. The van der Waals surface area contributed by atoms with Gasteiger partial charge in [0.25, 0.3) is 0 Å². The Bertz CT molecular complexity index is 1280. The third kappa shape index (κ3) is 7.05. The molecule has 0 radical (unpaired) electrons. The maximum Gasteiger partial charge on any atom is 0.347 e. The van der Waals surface area contributed by atoms with E-state index in [1.165, 1.54) is 38.1 Å². The molecule has 0 spiro atoms. The van der Waals surface area contributed by atoms with Gasteiger partial charge in [0.2, 0.25) is 9.84 Å². The molecule has 0 aliphatic carbocycles. The molecule has 3 rings (SSSR count). The number of aliphatic carboxylic acids is 1. The standard InChI is InChI=1S/C26H28ClNO6S/c1-26(2,25(30)31)34-21-7-4-8-23(16-21)35(32,33)22-11-9-18(10-12-22)13-14-28-17-24(29)19-5-3-6-20(27)15-19/h3-12,15-16,24,28-29H,13-14,17H2,1-2H3,(H,30,31)/t24-/m0/s1. The number of nitrogens with one attached hydrogen (secondary N) is 1. The summed E-state index contributed by atoms with van der Waals surface area (Å²) in [7, 11) is -3.81. The van der Waals surface area contributed by atoms with Gasteiger partial charge in [0.1, 0.15) is 5.75 Å². The van der Waals surface area contributed by atoms with Crippen LogP contribution in [0.25, 0.3) is 0 Å². The molecule has 9 heteroatoms. The van der Waals surface area contributed by atoms with Gasteiger partial charge in [0.15, 0.2) is 5.60 Å². The van der Waals surface area contributed by atoms with Gasteiger partial charge in [-0.2, -0.15) is 0 Å². The molecular formula is C26H28ClNO6S. The number of ether oxygens (including phenoxy) is 1. The van der Waals surface area contributed by atoms with Crippen LogP contribution in [0.5, 0.6) is 5.75 Å². The van der Waals surface area contributed by atoms with E-state index in [-0.39, 0.29) is 15.5 Å². The number of sulfone groups is 1. The molecular weight excluding hydrogens is 490 g/mol. The van der Waals surface area contributed by atoms with Gasteiger partial charge in [0, 0.05) is 11.6 Å². The van der Waals surface area contributed by atoms with Crippen molar-refractivity contribution < 1.29 is 28.2 Å². The number of carboxylic acids is 1. The van der Waals surface area contributed by atoms with E-state index in [1.807, 2.05) is 6.07 Å². The lowest BCUT2D eigenvalue weighted by Crippen LogP contribution is -2.37. The summed E-state index contributed by atoms with van der Waals surface area (Å²) >= 11 is 5.96. The second-order valence-corrected chi connectivity index (χ2v) is 11.0. The van der Waals surface area contributed by atoms with Crippen LogP contribution in [0, 0.1) is 0 Å². The second kappa shape index (κ2) is 11.2. The Balaban J connectivity index is 1.60. The highest BCUT2D eigenvalue weighted by Gasteiger charge is 2.30. The van der Waals surface area contributed by atoms with Crippen molar-refractivity contribution >= 4 is 27.4 Å². The first-order valence-electron chi connectivity index (χ1n) is 11.0. The van der Waals surface area contributed by atoms with Crippen LogP contribution in [0.1, 0.15) is 31.1 Å². The molecule has 1 atom stereocenters. The molecule has 7 nitrogen and oxygen atoms in total. The van der Waals surface area contributed by atoms with Crippen LogP contribution < -0.4 is 10.1 Å². The molecule has 0 aromatic heterocycles. The molecule has 186 valence electrons. The van der Waals surface area contributed by atoms with Gasteiger partial charge in [-0.3, -0.25) is 0 Å². The average molecular weight is 518 g/mol. The Morgan fingerprint density at radius 1 is 1.03 bits per heavy atom. The topological polar surface area (TPSA) is 113 Å². The molecule has 0 saturated heterocycles. The monoisotopic (exact) mass is 517 g/mol. The van der Waals surface area contributed by atoms with E-state index in [0.717, 1.165) is 11.1 Å². The first-order chi connectivity index (χ1) is 16.5. The van der Waals surface area contributed by atoms with Crippen molar-refractivity contribution in [2.45, 2.75) is 41.8 Å². The number of aliphatic hydroxyl groups excluding tert-OH is 1. The number of carbonyl (C=O) groups is 1. The van der Waals surface area contributed by atoms with Gasteiger partial charge < -0.3 is 20.3 Å². The summed E-state index contributed by atoms with van der Waals surface area (Å²) in [6, 6.07) is 19.4. The number of hydrogen-bond donors (Lipinski definition) is 3. The first-order valence-corrected chi connectivity index (χ1v) is 12.9. The predicted octanol–water partition coefficient (Wildman–Crippen LogP) is 4.28. The fourth-order valence-corrected chi connectivity index (χ4v) is 4.81. The molecule has 3 aromatic rings. The number of benzene rings is 3. The molecule has 0 bridgehead atoms. The summed E-state index contributed by atoms with van der Waals surface area (Å²) in [6.45, 7) is 3.75. The molecule has 0 unspecified atom stereocenters. The maximum absolute atomic E-state index is 13.1. The molecule has 0 fully saturated rings. The van der Waals surface area contributed by atoms with Crippen molar-refractivity contribution in [2.24, 2.45) is 0 Å². The lowest BCUT2D eigenvalue weighted by molar-refractivity contribution is -0.152. The van der Waals surface area contributed by atoms with Gasteiger partial charge in [-0.15, -0.1) is 0 Å². The summed E-state index contributed by atoms with van der Waals surface area (Å²) in [5.74, 6) is -1.00. The highest BCUT2D eigenvalue weighted by atomic mass is 35.5. The molecule has 0 aliphatic rings. The number of hydrogen-bond acceptors (Lipinski definition) is 6. The van der Waals surface area contributed by atoms with Crippen molar-refractivity contribution in [2.75, 3.05) is 13.1 Å². The number of halogens is 1. The lowest BCUT2D eigenvalue weighted by atomic mass is 10.1. The molecule has 0 amide bonds. The quantitative estimate of drug-likeness (QED) is 0.325. The van der Waals surface area contributed by atoms with Gasteiger partial charge in [-0.05, 0) is 80.4 Å².